The second-order valence-electron chi connectivity index (χ2n) is 8.10. The second kappa shape index (κ2) is 4.06. The Kier molecular flexibility index (Phi) is 2.60. The van der Waals surface area contributed by atoms with Crippen LogP contribution in [0.5, 0.6) is 0 Å². The van der Waals surface area contributed by atoms with E-state index in [0.717, 1.165) is 29.5 Å². The summed E-state index contributed by atoms with van der Waals surface area (Å²) < 4.78 is 2.01. The van der Waals surface area contributed by atoms with Crippen molar-refractivity contribution >= 4 is 0 Å². The van der Waals surface area contributed by atoms with Crippen LogP contribution < -0.4 is 5.73 Å². The average molecular weight is 274 g/mol. The minimum absolute atomic E-state index is 0.443. The van der Waals surface area contributed by atoms with Crippen molar-refractivity contribution in [3.8, 4) is 0 Å². The lowest BCUT2D eigenvalue weighted by atomic mass is 9.51. The van der Waals surface area contributed by atoms with Crippen LogP contribution in [0.2, 0.25) is 0 Å². The number of hydrogen-bond donors (Lipinski definition) is 1. The fourth-order valence-electron chi connectivity index (χ4n) is 5.31. The van der Waals surface area contributed by atoms with Crippen LogP contribution >= 0.6 is 0 Å². The molecule has 0 amide bonds. The lowest BCUT2D eigenvalue weighted by Crippen LogP contribution is -2.44. The maximum absolute atomic E-state index is 6.18. The zero-order valence-electron chi connectivity index (χ0n) is 12.8. The van der Waals surface area contributed by atoms with Crippen molar-refractivity contribution in [1.29, 1.82) is 0 Å². The number of aromatic nitrogens is 3. The highest BCUT2D eigenvalue weighted by Gasteiger charge is 2.50. The minimum Gasteiger partial charge on any atom is -0.319 e. The Bertz CT molecular complexity index is 497. The van der Waals surface area contributed by atoms with Crippen LogP contribution in [-0.4, -0.2) is 14.8 Å². The Balaban J connectivity index is 1.69. The first-order valence-corrected chi connectivity index (χ1v) is 8.12. The molecule has 1 aromatic rings. The molecule has 0 unspecified atom stereocenters. The zero-order chi connectivity index (χ0) is 14.1. The molecule has 0 aromatic carbocycles. The largest absolute Gasteiger partial charge is 0.319 e. The van der Waals surface area contributed by atoms with E-state index in [9.17, 15) is 0 Å². The minimum atomic E-state index is -0.443. The molecule has 4 fully saturated rings. The monoisotopic (exact) mass is 274 g/mol. The molecule has 4 bridgehead atoms. The average Bonchev–Trinajstić information content (AvgIpc) is 2.70. The molecule has 5 rings (SSSR count). The van der Waals surface area contributed by atoms with Crippen molar-refractivity contribution in [3.63, 3.8) is 0 Å². The normalized spacial score (nSPS) is 39.5. The van der Waals surface area contributed by atoms with Crippen molar-refractivity contribution < 1.29 is 0 Å². The Morgan fingerprint density at radius 3 is 2.05 bits per heavy atom. The van der Waals surface area contributed by atoms with Crippen molar-refractivity contribution in [2.45, 2.75) is 57.4 Å². The van der Waals surface area contributed by atoms with Gasteiger partial charge in [0.1, 0.15) is 5.82 Å². The van der Waals surface area contributed by atoms with E-state index in [2.05, 4.69) is 5.10 Å². The Labute approximate surface area is 121 Å². The van der Waals surface area contributed by atoms with Crippen LogP contribution in [-0.2, 0) is 12.6 Å². The van der Waals surface area contributed by atoms with Gasteiger partial charge in [0.2, 0.25) is 0 Å². The summed E-state index contributed by atoms with van der Waals surface area (Å²) in [6.45, 7) is 3.98. The lowest BCUT2D eigenvalue weighted by molar-refractivity contribution is -0.00680. The maximum atomic E-state index is 6.18. The number of hydrogen-bond acceptors (Lipinski definition) is 3. The van der Waals surface area contributed by atoms with Gasteiger partial charge in [-0.15, -0.1) is 0 Å². The summed E-state index contributed by atoms with van der Waals surface area (Å²) in [4.78, 5) is 4.85. The van der Waals surface area contributed by atoms with Crippen molar-refractivity contribution in [3.05, 3.63) is 11.6 Å². The summed E-state index contributed by atoms with van der Waals surface area (Å²) in [7, 11) is 2.04. The van der Waals surface area contributed by atoms with Gasteiger partial charge in [-0.2, -0.15) is 5.10 Å². The predicted octanol–water partition coefficient (Wildman–Crippen LogP) is 2.55. The van der Waals surface area contributed by atoms with E-state index in [-0.39, 0.29) is 0 Å². The van der Waals surface area contributed by atoms with Crippen LogP contribution in [0.1, 0.15) is 63.5 Å². The van der Waals surface area contributed by atoms with Gasteiger partial charge in [0.25, 0.3) is 0 Å². The third-order valence-electron chi connectivity index (χ3n) is 5.90. The Morgan fingerprint density at radius 2 is 1.60 bits per heavy atom. The zero-order valence-corrected chi connectivity index (χ0v) is 12.8. The molecular formula is C16H26N4. The Morgan fingerprint density at radius 1 is 1.05 bits per heavy atom. The molecule has 110 valence electrons. The molecule has 4 aliphatic carbocycles. The fourth-order valence-corrected chi connectivity index (χ4v) is 5.31. The van der Waals surface area contributed by atoms with E-state index >= 15 is 0 Å². The van der Waals surface area contributed by atoms with E-state index < -0.39 is 5.54 Å². The van der Waals surface area contributed by atoms with Gasteiger partial charge < -0.3 is 5.73 Å². The van der Waals surface area contributed by atoms with Gasteiger partial charge in [-0.3, -0.25) is 4.68 Å². The van der Waals surface area contributed by atoms with Crippen LogP contribution in [0, 0.1) is 23.7 Å². The van der Waals surface area contributed by atoms with Crippen molar-refractivity contribution in [1.82, 2.24) is 14.8 Å². The number of nitrogens with two attached hydrogens (primary N) is 1. The van der Waals surface area contributed by atoms with Gasteiger partial charge in [0, 0.05) is 13.0 Å². The highest BCUT2D eigenvalue weighted by molar-refractivity contribution is 5.14. The highest BCUT2D eigenvalue weighted by Crippen LogP contribution is 2.59. The molecule has 2 N–H and O–H groups in total. The summed E-state index contributed by atoms with van der Waals surface area (Å²) in [6, 6.07) is 0. The molecule has 1 aromatic heterocycles. The van der Waals surface area contributed by atoms with E-state index in [4.69, 9.17) is 10.7 Å². The summed E-state index contributed by atoms with van der Waals surface area (Å²) >= 11 is 0. The highest BCUT2D eigenvalue weighted by atomic mass is 15.3. The maximum Gasteiger partial charge on any atom is 0.170 e. The molecule has 0 saturated heterocycles. The molecule has 0 spiro atoms. The van der Waals surface area contributed by atoms with E-state index in [0.29, 0.717) is 5.92 Å². The fraction of sp³-hybridized carbons (Fsp3) is 0.875. The number of rotatable bonds is 2. The molecule has 20 heavy (non-hydrogen) atoms. The third kappa shape index (κ3) is 1.84. The van der Waals surface area contributed by atoms with Gasteiger partial charge in [0.15, 0.2) is 5.82 Å². The summed E-state index contributed by atoms with van der Waals surface area (Å²) in [5.41, 5.74) is 5.73. The smallest absolute Gasteiger partial charge is 0.170 e. The van der Waals surface area contributed by atoms with Crippen molar-refractivity contribution in [2.75, 3.05) is 0 Å². The second-order valence-corrected chi connectivity index (χ2v) is 8.10. The first-order valence-electron chi connectivity index (χ1n) is 8.12. The van der Waals surface area contributed by atoms with Crippen molar-refractivity contribution in [2.24, 2.45) is 36.5 Å². The van der Waals surface area contributed by atoms with Gasteiger partial charge in [0.05, 0.1) is 5.54 Å². The van der Waals surface area contributed by atoms with E-state index in [1.807, 2.05) is 25.6 Å². The third-order valence-corrected chi connectivity index (χ3v) is 5.90. The van der Waals surface area contributed by atoms with Crippen LogP contribution in [0.25, 0.3) is 0 Å². The van der Waals surface area contributed by atoms with E-state index in [1.165, 1.54) is 37.9 Å². The standard InChI is InChI=1S/C16H26N4/c1-16(2,17)15-18-14(20(3)19-15)13-11-5-9-4-10(7-11)8-12(13)6-9/h9-13H,4-8,17H2,1-3H3. The van der Waals surface area contributed by atoms with E-state index in [1.54, 1.807) is 0 Å². The molecule has 4 heteroatoms. The number of aryl methyl sites for hydroxylation is 1. The first-order chi connectivity index (χ1) is 9.41. The Hall–Kier alpha value is -0.900. The number of nitrogens with zero attached hydrogens (tertiary/aromatic N) is 3. The molecule has 0 radical (unpaired) electrons. The van der Waals surface area contributed by atoms with Crippen LogP contribution in [0.4, 0.5) is 0 Å². The van der Waals surface area contributed by atoms with Gasteiger partial charge >= 0.3 is 0 Å². The summed E-state index contributed by atoms with van der Waals surface area (Å²) in [5, 5.41) is 4.60. The molecule has 4 nitrogen and oxygen atoms in total. The molecule has 1 heterocycles. The lowest BCUT2D eigenvalue weighted by Gasteiger charge is -2.53. The predicted molar refractivity (Wildman–Crippen MR) is 78.0 cm³/mol. The van der Waals surface area contributed by atoms with Gasteiger partial charge in [-0.1, -0.05) is 0 Å². The first kappa shape index (κ1) is 12.8. The SMILES string of the molecule is Cn1nc(C(C)(C)N)nc1C1C2CC3CC(C2)CC1C3. The summed E-state index contributed by atoms with van der Waals surface area (Å²) in [5.74, 6) is 6.35. The van der Waals surface area contributed by atoms with Crippen LogP contribution in [0.15, 0.2) is 0 Å². The van der Waals surface area contributed by atoms with Gasteiger partial charge in [-0.05, 0) is 69.6 Å². The summed E-state index contributed by atoms with van der Waals surface area (Å²) in [6.07, 6.45) is 7.19. The topological polar surface area (TPSA) is 56.7 Å². The van der Waals surface area contributed by atoms with Crippen LogP contribution in [0.3, 0.4) is 0 Å². The molecule has 4 saturated carbocycles. The molecule has 4 aliphatic rings. The molecule has 0 aliphatic heterocycles. The molecular weight excluding hydrogens is 248 g/mol. The molecule has 0 atom stereocenters. The van der Waals surface area contributed by atoms with Gasteiger partial charge in [-0.25, -0.2) is 4.98 Å². The quantitative estimate of drug-likeness (QED) is 0.901.